The van der Waals surface area contributed by atoms with E-state index in [4.69, 9.17) is 4.98 Å². The van der Waals surface area contributed by atoms with Crippen LogP contribution in [0.15, 0.2) is 249 Å². The summed E-state index contributed by atoms with van der Waals surface area (Å²) < 4.78 is 2.30. The van der Waals surface area contributed by atoms with Gasteiger partial charge in [-0.2, -0.15) is 0 Å². The first-order valence-corrected chi connectivity index (χ1v) is 23.3. The molecule has 316 valence electrons. The van der Waals surface area contributed by atoms with Crippen molar-refractivity contribution >= 4 is 32.6 Å². The van der Waals surface area contributed by atoms with Crippen molar-refractivity contribution in [2.24, 2.45) is 0 Å². The number of aromatic nitrogens is 2. The van der Waals surface area contributed by atoms with Crippen LogP contribution in [0.25, 0.3) is 116 Å². The van der Waals surface area contributed by atoms with E-state index in [9.17, 15) is 0 Å². The number of para-hydroxylation sites is 2. The molecule has 12 aromatic rings. The Morgan fingerprint density at radius 1 is 0.313 bits per heavy atom. The SMILES string of the molecule is CCc1nc2ccccc2n1-c1ccc(-c2c3ccccc3c(-c3cccc(-c4cc(-c5ccccc5)c(-c5ccccc5)c(-c5ccccc5)c4-c4ccccc4)c3)c3ccccc23)cc1. The molecule has 0 atom stereocenters. The van der Waals surface area contributed by atoms with E-state index < -0.39 is 0 Å². The third kappa shape index (κ3) is 7.02. The molecule has 0 amide bonds. The monoisotopic (exact) mass is 854 g/mol. The third-order valence-corrected chi connectivity index (χ3v) is 13.4. The van der Waals surface area contributed by atoms with Crippen LogP contribution >= 0.6 is 0 Å². The van der Waals surface area contributed by atoms with Crippen molar-refractivity contribution in [3.05, 3.63) is 255 Å². The zero-order valence-corrected chi connectivity index (χ0v) is 37.3. The summed E-state index contributed by atoms with van der Waals surface area (Å²) in [5, 5.41) is 4.91. The second-order valence-corrected chi connectivity index (χ2v) is 17.2. The quantitative estimate of drug-likeness (QED) is 0.132. The number of rotatable bonds is 9. The van der Waals surface area contributed by atoms with E-state index >= 15 is 0 Å². The van der Waals surface area contributed by atoms with Crippen LogP contribution in [0.4, 0.5) is 0 Å². The molecule has 0 aliphatic carbocycles. The average molecular weight is 855 g/mol. The van der Waals surface area contributed by atoms with Crippen molar-refractivity contribution in [1.82, 2.24) is 9.55 Å². The van der Waals surface area contributed by atoms with Crippen LogP contribution in [-0.2, 0) is 6.42 Å². The fourth-order valence-electron chi connectivity index (χ4n) is 10.4. The maximum Gasteiger partial charge on any atom is 0.114 e. The third-order valence-electron chi connectivity index (χ3n) is 13.4. The zero-order chi connectivity index (χ0) is 44.7. The Bertz CT molecular complexity index is 3680. The lowest BCUT2D eigenvalue weighted by molar-refractivity contribution is 0.908. The molecule has 12 rings (SSSR count). The lowest BCUT2D eigenvalue weighted by Gasteiger charge is -2.25. The van der Waals surface area contributed by atoms with Gasteiger partial charge >= 0.3 is 0 Å². The first kappa shape index (κ1) is 40.0. The average Bonchev–Trinajstić information content (AvgIpc) is 3.79. The molecule has 1 heterocycles. The fraction of sp³-hybridized carbons (Fsp3) is 0.0308. The van der Waals surface area contributed by atoms with E-state index in [0.29, 0.717) is 0 Å². The molecule has 0 saturated heterocycles. The Balaban J connectivity index is 1.09. The van der Waals surface area contributed by atoms with Crippen molar-refractivity contribution in [3.8, 4) is 83.6 Å². The van der Waals surface area contributed by atoms with E-state index in [-0.39, 0.29) is 0 Å². The summed E-state index contributed by atoms with van der Waals surface area (Å²) in [6.07, 6.45) is 0.851. The highest BCUT2D eigenvalue weighted by atomic mass is 15.1. The summed E-state index contributed by atoms with van der Waals surface area (Å²) in [6.45, 7) is 2.18. The molecule has 1 aromatic heterocycles. The summed E-state index contributed by atoms with van der Waals surface area (Å²) in [4.78, 5) is 4.97. The van der Waals surface area contributed by atoms with Gasteiger partial charge in [0.15, 0.2) is 0 Å². The van der Waals surface area contributed by atoms with Gasteiger partial charge in [0.05, 0.1) is 11.0 Å². The molecular formula is C65H46N2. The van der Waals surface area contributed by atoms with Gasteiger partial charge in [-0.25, -0.2) is 4.98 Å². The van der Waals surface area contributed by atoms with Gasteiger partial charge < -0.3 is 0 Å². The molecule has 0 saturated carbocycles. The van der Waals surface area contributed by atoms with E-state index in [2.05, 4.69) is 260 Å². The van der Waals surface area contributed by atoms with Gasteiger partial charge in [0.1, 0.15) is 5.82 Å². The topological polar surface area (TPSA) is 17.8 Å². The van der Waals surface area contributed by atoms with Crippen molar-refractivity contribution in [3.63, 3.8) is 0 Å². The lowest BCUT2D eigenvalue weighted by atomic mass is 9.78. The van der Waals surface area contributed by atoms with Gasteiger partial charge in [-0.1, -0.05) is 219 Å². The van der Waals surface area contributed by atoms with Crippen LogP contribution in [0.2, 0.25) is 0 Å². The van der Waals surface area contributed by atoms with Crippen LogP contribution in [-0.4, -0.2) is 9.55 Å². The standard InChI is InChI=1S/C65H46N2/c1-2-60-66-58-36-19-20-37-59(58)67(60)51-40-38-48(39-41-51)61-52-32-15-17-34-54(52)62(55-35-18-16-33-53(55)61)50-31-21-30-49(42-50)57-43-56(44-22-7-3-8-23-44)63(45-24-9-4-10-25-45)65(47-28-13-6-14-29-47)64(57)46-26-11-5-12-27-46/h3-43H,2H2,1H3. The second kappa shape index (κ2) is 17.1. The van der Waals surface area contributed by atoms with E-state index in [1.165, 1.54) is 93.9 Å². The molecule has 0 bridgehead atoms. The van der Waals surface area contributed by atoms with Crippen LogP contribution in [0.1, 0.15) is 12.7 Å². The largest absolute Gasteiger partial charge is 0.296 e. The van der Waals surface area contributed by atoms with Crippen molar-refractivity contribution in [2.45, 2.75) is 13.3 Å². The number of hydrogen-bond donors (Lipinski definition) is 0. The molecule has 67 heavy (non-hydrogen) atoms. The Morgan fingerprint density at radius 2 is 0.716 bits per heavy atom. The van der Waals surface area contributed by atoms with Crippen molar-refractivity contribution < 1.29 is 0 Å². The molecule has 2 heteroatoms. The summed E-state index contributed by atoms with van der Waals surface area (Å²) >= 11 is 0. The van der Waals surface area contributed by atoms with Gasteiger partial charge in [-0.05, 0) is 136 Å². The van der Waals surface area contributed by atoms with Crippen LogP contribution < -0.4 is 0 Å². The molecule has 2 nitrogen and oxygen atoms in total. The van der Waals surface area contributed by atoms with Crippen LogP contribution in [0.3, 0.4) is 0 Å². The maximum atomic E-state index is 4.97. The summed E-state index contributed by atoms with van der Waals surface area (Å²) in [7, 11) is 0. The molecule has 0 N–H and O–H groups in total. The number of nitrogens with zero attached hydrogens (tertiary/aromatic N) is 2. The lowest BCUT2D eigenvalue weighted by Crippen LogP contribution is -2.00. The van der Waals surface area contributed by atoms with Crippen LogP contribution in [0.5, 0.6) is 0 Å². The molecule has 0 radical (unpaired) electrons. The highest BCUT2D eigenvalue weighted by Gasteiger charge is 2.25. The van der Waals surface area contributed by atoms with Gasteiger partial charge in [0, 0.05) is 12.1 Å². The maximum absolute atomic E-state index is 4.97. The van der Waals surface area contributed by atoms with E-state index in [1.807, 2.05) is 0 Å². The molecule has 0 spiro atoms. The predicted octanol–water partition coefficient (Wildman–Crippen LogP) is 17.6. The fourth-order valence-corrected chi connectivity index (χ4v) is 10.4. The summed E-state index contributed by atoms with van der Waals surface area (Å²) in [5.41, 5.74) is 20.0. The highest BCUT2D eigenvalue weighted by molar-refractivity contribution is 6.21. The van der Waals surface area contributed by atoms with E-state index in [0.717, 1.165) is 34.5 Å². The Morgan fingerprint density at radius 3 is 1.25 bits per heavy atom. The first-order valence-electron chi connectivity index (χ1n) is 23.3. The summed E-state index contributed by atoms with van der Waals surface area (Å²) in [6, 6.07) is 90.8. The predicted molar refractivity (Wildman–Crippen MR) is 284 cm³/mol. The van der Waals surface area contributed by atoms with Crippen molar-refractivity contribution in [1.29, 1.82) is 0 Å². The Kier molecular flexibility index (Phi) is 10.2. The zero-order valence-electron chi connectivity index (χ0n) is 37.3. The van der Waals surface area contributed by atoms with Gasteiger partial charge in [0.25, 0.3) is 0 Å². The number of benzene rings is 11. The normalized spacial score (nSPS) is 11.4. The minimum atomic E-state index is 0.851. The molecule has 0 aliphatic rings. The number of aryl methyl sites for hydroxylation is 1. The van der Waals surface area contributed by atoms with Crippen LogP contribution in [0, 0.1) is 0 Å². The van der Waals surface area contributed by atoms with Gasteiger partial charge in [-0.15, -0.1) is 0 Å². The molecule has 11 aromatic carbocycles. The van der Waals surface area contributed by atoms with E-state index in [1.54, 1.807) is 0 Å². The Labute approximate surface area is 391 Å². The number of imidazole rings is 1. The number of fused-ring (bicyclic) bond motifs is 3. The molecule has 0 aliphatic heterocycles. The molecular weight excluding hydrogens is 809 g/mol. The smallest absolute Gasteiger partial charge is 0.114 e. The minimum Gasteiger partial charge on any atom is -0.296 e. The Hall–Kier alpha value is -8.59. The molecule has 0 unspecified atom stereocenters. The minimum absolute atomic E-state index is 0.851. The molecule has 0 fully saturated rings. The summed E-state index contributed by atoms with van der Waals surface area (Å²) in [5.74, 6) is 1.06. The second-order valence-electron chi connectivity index (χ2n) is 17.2. The van der Waals surface area contributed by atoms with Crippen molar-refractivity contribution in [2.75, 3.05) is 0 Å². The highest BCUT2D eigenvalue weighted by Crippen LogP contribution is 2.51. The first-order chi connectivity index (χ1) is 33.2. The number of hydrogen-bond acceptors (Lipinski definition) is 1. The van der Waals surface area contributed by atoms with Gasteiger partial charge in [-0.3, -0.25) is 4.57 Å². The van der Waals surface area contributed by atoms with Gasteiger partial charge in [0.2, 0.25) is 0 Å².